The molecule has 0 aliphatic rings. The van der Waals surface area contributed by atoms with E-state index in [1.807, 2.05) is 12.1 Å². The lowest BCUT2D eigenvalue weighted by Crippen LogP contribution is -1.93. The quantitative estimate of drug-likeness (QED) is 0.172. The first-order valence-corrected chi connectivity index (χ1v) is 18.6. The molecule has 54 heavy (non-hydrogen) atoms. The normalized spacial score (nSPS) is 11.9. The smallest absolute Gasteiger partial charge is 0.143 e. The van der Waals surface area contributed by atoms with E-state index in [9.17, 15) is 0 Å². The first kappa shape index (κ1) is 30.7. The SMILES string of the molecule is Cc1ccc(-c2c3ccc(-c4cccc5c4oc4ccccc45)cc3c(-c3ccc(C)cc3)c3ccc(-c4cccc5c4oc4ccccc45)cc23)cc1. The van der Waals surface area contributed by atoms with Gasteiger partial charge in [-0.3, -0.25) is 0 Å². The molecule has 0 bridgehead atoms. The maximum atomic E-state index is 6.55. The minimum absolute atomic E-state index is 0.905. The van der Waals surface area contributed by atoms with Crippen LogP contribution in [0.4, 0.5) is 0 Å². The van der Waals surface area contributed by atoms with Crippen LogP contribution in [-0.2, 0) is 0 Å². The van der Waals surface area contributed by atoms with Crippen molar-refractivity contribution in [3.63, 3.8) is 0 Å². The van der Waals surface area contributed by atoms with E-state index in [1.54, 1.807) is 0 Å². The van der Waals surface area contributed by atoms with E-state index in [0.717, 1.165) is 66.1 Å². The molecule has 0 spiro atoms. The fourth-order valence-electron chi connectivity index (χ4n) is 8.57. The van der Waals surface area contributed by atoms with Gasteiger partial charge in [-0.1, -0.05) is 157 Å². The molecule has 254 valence electrons. The zero-order chi connectivity index (χ0) is 35.9. The highest BCUT2D eigenvalue weighted by atomic mass is 16.3. The molecule has 2 nitrogen and oxygen atoms in total. The van der Waals surface area contributed by atoms with Gasteiger partial charge in [0.05, 0.1) is 0 Å². The summed E-state index contributed by atoms with van der Waals surface area (Å²) in [6.45, 7) is 4.30. The van der Waals surface area contributed by atoms with Gasteiger partial charge in [-0.25, -0.2) is 0 Å². The molecule has 0 aliphatic carbocycles. The van der Waals surface area contributed by atoms with E-state index < -0.39 is 0 Å². The van der Waals surface area contributed by atoms with Crippen LogP contribution in [-0.4, -0.2) is 0 Å². The van der Waals surface area contributed by atoms with Crippen molar-refractivity contribution < 1.29 is 8.83 Å². The van der Waals surface area contributed by atoms with E-state index in [0.29, 0.717) is 0 Å². The predicted molar refractivity (Wildman–Crippen MR) is 227 cm³/mol. The van der Waals surface area contributed by atoms with Gasteiger partial charge in [0.2, 0.25) is 0 Å². The van der Waals surface area contributed by atoms with Crippen LogP contribution < -0.4 is 0 Å². The first-order valence-electron chi connectivity index (χ1n) is 18.6. The molecular weight excluding hydrogens is 657 g/mol. The molecule has 2 heteroatoms. The van der Waals surface area contributed by atoms with Gasteiger partial charge in [-0.2, -0.15) is 0 Å². The molecule has 0 fully saturated rings. The molecule has 0 aliphatic heterocycles. The van der Waals surface area contributed by atoms with Crippen LogP contribution in [0.1, 0.15) is 11.1 Å². The summed E-state index contributed by atoms with van der Waals surface area (Å²) in [7, 11) is 0. The maximum absolute atomic E-state index is 6.55. The Kier molecular flexibility index (Phi) is 6.72. The Balaban J connectivity index is 1.24. The topological polar surface area (TPSA) is 26.3 Å². The number of fused-ring (bicyclic) bond motifs is 8. The van der Waals surface area contributed by atoms with Crippen molar-refractivity contribution in [2.24, 2.45) is 0 Å². The molecule has 2 aromatic heterocycles. The van der Waals surface area contributed by atoms with Gasteiger partial charge in [-0.05, 0) is 93.0 Å². The molecule has 11 rings (SSSR count). The predicted octanol–water partition coefficient (Wildman–Crippen LogP) is 15.1. The molecule has 9 aromatic carbocycles. The third-order valence-corrected chi connectivity index (χ3v) is 11.2. The Morgan fingerprint density at radius 1 is 0.296 bits per heavy atom. The fourth-order valence-corrected chi connectivity index (χ4v) is 8.57. The number of hydrogen-bond acceptors (Lipinski definition) is 2. The van der Waals surface area contributed by atoms with Gasteiger partial charge in [0.15, 0.2) is 0 Å². The average molecular weight is 691 g/mol. The average Bonchev–Trinajstić information content (AvgIpc) is 3.79. The maximum Gasteiger partial charge on any atom is 0.143 e. The molecule has 0 radical (unpaired) electrons. The summed E-state index contributed by atoms with van der Waals surface area (Å²) in [4.78, 5) is 0. The standard InChI is InChI=1S/C52H34O2/c1-31-17-21-33(22-18-31)49-41-27-25-36(38-12-8-14-44-40-10-4-6-16-48(40)54-52(38)44)30-46(41)50(34-23-19-32(2)20-24-34)42-28-26-35(29-45(42)49)37-11-7-13-43-39-9-3-5-15-47(39)53-51(37)43/h3-30H,1-2H3. The van der Waals surface area contributed by atoms with E-state index >= 15 is 0 Å². The van der Waals surface area contributed by atoms with Gasteiger partial charge in [-0.15, -0.1) is 0 Å². The molecule has 2 heterocycles. The Labute approximate surface area is 312 Å². The Hall–Kier alpha value is -6.90. The fraction of sp³-hybridized carbons (Fsp3) is 0.0385. The van der Waals surface area contributed by atoms with E-state index in [1.165, 1.54) is 54.9 Å². The van der Waals surface area contributed by atoms with Crippen LogP contribution in [0.2, 0.25) is 0 Å². The van der Waals surface area contributed by atoms with E-state index in [-0.39, 0.29) is 0 Å². The number of aryl methyl sites for hydroxylation is 2. The molecular formula is C52H34O2. The number of furan rings is 2. The number of benzene rings is 9. The van der Waals surface area contributed by atoms with Crippen LogP contribution >= 0.6 is 0 Å². The number of para-hydroxylation sites is 4. The zero-order valence-corrected chi connectivity index (χ0v) is 30.0. The summed E-state index contributed by atoms with van der Waals surface area (Å²) >= 11 is 0. The monoisotopic (exact) mass is 690 g/mol. The summed E-state index contributed by atoms with van der Waals surface area (Å²) in [5.74, 6) is 0. The van der Waals surface area contributed by atoms with Crippen molar-refractivity contribution in [2.45, 2.75) is 13.8 Å². The van der Waals surface area contributed by atoms with Gasteiger partial charge in [0, 0.05) is 32.7 Å². The highest BCUT2D eigenvalue weighted by Crippen LogP contribution is 2.47. The lowest BCUT2D eigenvalue weighted by atomic mass is 9.83. The van der Waals surface area contributed by atoms with Crippen LogP contribution in [0.25, 0.3) is 110 Å². The Morgan fingerprint density at radius 2 is 0.685 bits per heavy atom. The summed E-state index contributed by atoms with van der Waals surface area (Å²) < 4.78 is 13.1. The molecule has 0 unspecified atom stereocenters. The van der Waals surface area contributed by atoms with Gasteiger partial charge in [0.1, 0.15) is 22.3 Å². The van der Waals surface area contributed by atoms with Gasteiger partial charge < -0.3 is 8.83 Å². The highest BCUT2D eigenvalue weighted by molar-refractivity contribution is 6.23. The second-order valence-electron chi connectivity index (χ2n) is 14.6. The number of hydrogen-bond donors (Lipinski definition) is 0. The summed E-state index contributed by atoms with van der Waals surface area (Å²) in [5, 5.41) is 9.37. The summed E-state index contributed by atoms with van der Waals surface area (Å²) in [6.07, 6.45) is 0. The second-order valence-corrected chi connectivity index (χ2v) is 14.6. The molecule has 0 saturated carbocycles. The molecule has 0 amide bonds. The lowest BCUT2D eigenvalue weighted by Gasteiger charge is -2.20. The minimum Gasteiger partial charge on any atom is -0.455 e. The number of rotatable bonds is 4. The summed E-state index contributed by atoms with van der Waals surface area (Å²) in [5.41, 5.74) is 15.4. The summed E-state index contributed by atoms with van der Waals surface area (Å²) in [6, 6.07) is 61.5. The van der Waals surface area contributed by atoms with Crippen LogP contribution in [0.3, 0.4) is 0 Å². The van der Waals surface area contributed by atoms with Crippen molar-refractivity contribution in [2.75, 3.05) is 0 Å². The first-order chi connectivity index (χ1) is 26.6. The molecule has 11 aromatic rings. The van der Waals surface area contributed by atoms with Crippen LogP contribution in [0, 0.1) is 13.8 Å². The van der Waals surface area contributed by atoms with Crippen molar-refractivity contribution in [3.8, 4) is 44.5 Å². The van der Waals surface area contributed by atoms with E-state index in [2.05, 4.69) is 172 Å². The van der Waals surface area contributed by atoms with Gasteiger partial charge in [0.25, 0.3) is 0 Å². The zero-order valence-electron chi connectivity index (χ0n) is 30.0. The van der Waals surface area contributed by atoms with Crippen molar-refractivity contribution in [1.29, 1.82) is 0 Å². The van der Waals surface area contributed by atoms with Crippen molar-refractivity contribution in [1.82, 2.24) is 0 Å². The minimum atomic E-state index is 0.905. The lowest BCUT2D eigenvalue weighted by molar-refractivity contribution is 0.669. The molecule has 0 atom stereocenters. The Morgan fingerprint density at radius 3 is 1.13 bits per heavy atom. The second kappa shape index (κ2) is 11.8. The van der Waals surface area contributed by atoms with Crippen LogP contribution in [0.5, 0.6) is 0 Å². The third-order valence-electron chi connectivity index (χ3n) is 11.2. The van der Waals surface area contributed by atoms with E-state index in [4.69, 9.17) is 8.83 Å². The molecule has 0 saturated heterocycles. The molecule has 0 N–H and O–H groups in total. The van der Waals surface area contributed by atoms with Gasteiger partial charge >= 0.3 is 0 Å². The largest absolute Gasteiger partial charge is 0.455 e. The van der Waals surface area contributed by atoms with Crippen molar-refractivity contribution in [3.05, 3.63) is 181 Å². The third kappa shape index (κ3) is 4.67. The Bertz CT molecular complexity index is 3040. The van der Waals surface area contributed by atoms with Crippen LogP contribution in [0.15, 0.2) is 179 Å². The highest BCUT2D eigenvalue weighted by Gasteiger charge is 2.21. The van der Waals surface area contributed by atoms with Crippen molar-refractivity contribution >= 4 is 65.4 Å².